The molecule has 1 N–H and O–H groups in total. The summed E-state index contributed by atoms with van der Waals surface area (Å²) in [6.07, 6.45) is 1.97. The summed E-state index contributed by atoms with van der Waals surface area (Å²) in [5.41, 5.74) is 10.6. The van der Waals surface area contributed by atoms with E-state index in [-0.39, 0.29) is 28.3 Å². The molecule has 0 heterocycles. The van der Waals surface area contributed by atoms with Crippen molar-refractivity contribution in [2.24, 2.45) is 5.41 Å². The summed E-state index contributed by atoms with van der Waals surface area (Å²) in [5, 5.41) is 0.946. The number of nitrogens with one attached hydrogen (secondary N) is 1. The van der Waals surface area contributed by atoms with Gasteiger partial charge in [-0.25, -0.2) is 8.42 Å². The molecule has 189 valence electrons. The topological polar surface area (TPSA) is 81.0 Å². The molecule has 0 amide bonds. The van der Waals surface area contributed by atoms with Gasteiger partial charge in [-0.15, -0.1) is 5.69 Å². The van der Waals surface area contributed by atoms with E-state index in [9.17, 15) is 0 Å². The molecule has 2 rings (SSSR count). The van der Waals surface area contributed by atoms with E-state index < -0.39 is 10.1 Å². The van der Waals surface area contributed by atoms with Gasteiger partial charge < -0.3 is 10.3 Å². The van der Waals surface area contributed by atoms with Crippen LogP contribution < -0.4 is 0 Å². The molecule has 2 aromatic carbocycles. The van der Waals surface area contributed by atoms with Crippen molar-refractivity contribution in [1.82, 2.24) is 0 Å². The molecule has 1 radical (unpaired) electrons. The van der Waals surface area contributed by atoms with Crippen LogP contribution in [-0.4, -0.2) is 35.7 Å². The quantitative estimate of drug-likeness (QED) is 0.203. The van der Waals surface area contributed by atoms with Gasteiger partial charge in [0.05, 0.1) is 10.1 Å². The van der Waals surface area contributed by atoms with Crippen molar-refractivity contribution in [3.05, 3.63) is 60.3 Å². The normalized spacial score (nSPS) is 12.0. The SMILES string of the molecule is CC(C)(C)CP(C(C)(C)C)C(C)(C)C.CS(=O)(=O)[O-].[NH-]c1ccccc1-c1[c]cccc1.[Pd+2]. The predicted molar refractivity (Wildman–Crippen MR) is 141 cm³/mol. The van der Waals surface area contributed by atoms with Gasteiger partial charge in [0.25, 0.3) is 0 Å². The van der Waals surface area contributed by atoms with Crippen molar-refractivity contribution in [3.8, 4) is 11.1 Å². The summed E-state index contributed by atoms with van der Waals surface area (Å²) in [7, 11) is -3.85. The molecule has 0 atom stereocenters. The number of benzene rings is 2. The first-order valence-corrected chi connectivity index (χ1v) is 14.0. The van der Waals surface area contributed by atoms with Gasteiger partial charge in [0.1, 0.15) is 0 Å². The van der Waals surface area contributed by atoms with Crippen molar-refractivity contribution < 1.29 is 33.4 Å². The molecule has 0 bridgehead atoms. The van der Waals surface area contributed by atoms with Crippen LogP contribution in [0, 0.1) is 11.5 Å². The summed E-state index contributed by atoms with van der Waals surface area (Å²) >= 11 is 0. The third-order valence-electron chi connectivity index (χ3n) is 4.18. The summed E-state index contributed by atoms with van der Waals surface area (Å²) in [6, 6.07) is 18.4. The molecular formula is C26H41NO3PPdS. The van der Waals surface area contributed by atoms with Gasteiger partial charge in [-0.1, -0.05) is 119 Å². The molecule has 4 nitrogen and oxygen atoms in total. The monoisotopic (exact) mass is 584 g/mol. The van der Waals surface area contributed by atoms with Crippen LogP contribution in [0.5, 0.6) is 0 Å². The second kappa shape index (κ2) is 14.0. The Morgan fingerprint density at radius 1 is 0.879 bits per heavy atom. The Morgan fingerprint density at radius 3 is 1.61 bits per heavy atom. The van der Waals surface area contributed by atoms with Crippen molar-refractivity contribution in [3.63, 3.8) is 0 Å². The molecule has 0 saturated carbocycles. The minimum absolute atomic E-state index is 0. The molecule has 33 heavy (non-hydrogen) atoms. The van der Waals surface area contributed by atoms with Crippen molar-refractivity contribution in [2.45, 2.75) is 72.6 Å². The third kappa shape index (κ3) is 17.3. The van der Waals surface area contributed by atoms with E-state index in [1.165, 1.54) is 6.16 Å². The molecule has 0 saturated heterocycles. The first kappa shape index (κ1) is 34.4. The molecular weight excluding hydrogens is 544 g/mol. The fraction of sp³-hybridized carbons (Fsp3) is 0.538. The Kier molecular flexibility index (Phi) is 14.6. The Balaban J connectivity index is 0. The van der Waals surface area contributed by atoms with Crippen LogP contribution in [0.4, 0.5) is 5.69 Å². The van der Waals surface area contributed by atoms with E-state index in [1.54, 1.807) is 6.07 Å². The van der Waals surface area contributed by atoms with E-state index in [2.05, 4.69) is 68.4 Å². The van der Waals surface area contributed by atoms with Gasteiger partial charge in [-0.2, -0.15) is 0 Å². The average Bonchev–Trinajstić information content (AvgIpc) is 2.58. The van der Waals surface area contributed by atoms with E-state index in [0.29, 0.717) is 27.7 Å². The zero-order valence-corrected chi connectivity index (χ0v) is 25.0. The smallest absolute Gasteiger partial charge is 0.748 e. The van der Waals surface area contributed by atoms with Crippen LogP contribution in [-0.2, 0) is 30.5 Å². The maximum absolute atomic E-state index is 9.08. The van der Waals surface area contributed by atoms with Crippen molar-refractivity contribution >= 4 is 23.7 Å². The Labute approximate surface area is 218 Å². The minimum Gasteiger partial charge on any atom is -0.748 e. The molecule has 2 aromatic rings. The van der Waals surface area contributed by atoms with Gasteiger partial charge in [0, 0.05) is 6.26 Å². The minimum atomic E-state index is -3.92. The summed E-state index contributed by atoms with van der Waals surface area (Å²) in [4.78, 5) is 0. The third-order valence-corrected chi connectivity index (χ3v) is 8.68. The fourth-order valence-electron chi connectivity index (χ4n) is 3.23. The van der Waals surface area contributed by atoms with Gasteiger partial charge in [-0.05, 0) is 39.1 Å². The van der Waals surface area contributed by atoms with Crippen LogP contribution in [0.25, 0.3) is 16.9 Å². The molecule has 0 aromatic heterocycles. The summed E-state index contributed by atoms with van der Waals surface area (Å²) in [6.45, 7) is 21.5. The Bertz CT molecular complexity index is 891. The molecule has 0 unspecified atom stereocenters. The van der Waals surface area contributed by atoms with Crippen LogP contribution in [0.1, 0.15) is 62.3 Å². The van der Waals surface area contributed by atoms with Crippen LogP contribution >= 0.6 is 7.92 Å². The van der Waals surface area contributed by atoms with Crippen LogP contribution in [0.15, 0.2) is 48.5 Å². The molecule has 0 aliphatic heterocycles. The Morgan fingerprint density at radius 2 is 1.30 bits per heavy atom. The predicted octanol–water partition coefficient (Wildman–Crippen LogP) is 8.11. The largest absolute Gasteiger partial charge is 2.00 e. The molecule has 0 aliphatic rings. The first-order valence-electron chi connectivity index (χ1n) is 10.7. The van der Waals surface area contributed by atoms with Gasteiger partial charge in [-0.3, -0.25) is 0 Å². The molecule has 0 fully saturated rings. The summed E-state index contributed by atoms with van der Waals surface area (Å²) < 4.78 is 27.2. The second-order valence-corrected chi connectivity index (χ2v) is 16.3. The molecule has 7 heteroatoms. The molecule has 0 spiro atoms. The van der Waals surface area contributed by atoms with Crippen molar-refractivity contribution in [2.75, 3.05) is 12.4 Å². The first-order chi connectivity index (χ1) is 14.2. The van der Waals surface area contributed by atoms with Crippen molar-refractivity contribution in [1.29, 1.82) is 0 Å². The maximum Gasteiger partial charge on any atom is 2.00 e. The van der Waals surface area contributed by atoms with E-state index in [0.717, 1.165) is 11.1 Å². The van der Waals surface area contributed by atoms with E-state index in [1.807, 2.05) is 42.5 Å². The van der Waals surface area contributed by atoms with E-state index >= 15 is 0 Å². The van der Waals surface area contributed by atoms with Gasteiger partial charge in [0.15, 0.2) is 0 Å². The zero-order chi connectivity index (χ0) is 25.4. The molecule has 0 aliphatic carbocycles. The maximum atomic E-state index is 9.08. The number of rotatable bonds is 2. The Hall–Kier alpha value is -0.758. The van der Waals surface area contributed by atoms with E-state index in [4.69, 9.17) is 18.7 Å². The van der Waals surface area contributed by atoms with Crippen LogP contribution in [0.2, 0.25) is 0 Å². The fourth-order valence-corrected chi connectivity index (χ4v) is 7.14. The standard InChI is InChI=1S/C13H29P.C12H9N.CH4O3S.Pd/c1-11(2,3)10-14(12(4,5)6)13(7,8)9;13-12-9-5-4-8-11(12)10-6-2-1-3-7-10;1-5(2,3)4;/h10H2,1-9H3;1-6,8-9,13H;1H3,(H,2,3,4);/q;-1;;+2/p-1. The second-order valence-electron chi connectivity index (χ2n) is 11.0. The number of hydrogen-bond donors (Lipinski definition) is 0. The number of hydrogen-bond acceptors (Lipinski definition) is 3. The van der Waals surface area contributed by atoms with Gasteiger partial charge in [0.2, 0.25) is 0 Å². The van der Waals surface area contributed by atoms with Gasteiger partial charge >= 0.3 is 20.4 Å². The van der Waals surface area contributed by atoms with Crippen LogP contribution in [0.3, 0.4) is 0 Å². The zero-order valence-electron chi connectivity index (χ0n) is 21.7. The average molecular weight is 585 g/mol. The summed E-state index contributed by atoms with van der Waals surface area (Å²) in [5.74, 6) is 0.